The van der Waals surface area contributed by atoms with Crippen LogP contribution >= 0.6 is 0 Å². The van der Waals surface area contributed by atoms with Gasteiger partial charge in [-0.1, -0.05) is 6.92 Å². The van der Waals surface area contributed by atoms with E-state index in [1.165, 1.54) is 0 Å². The molecule has 0 bridgehead atoms. The lowest BCUT2D eigenvalue weighted by Gasteiger charge is -2.37. The summed E-state index contributed by atoms with van der Waals surface area (Å²) in [6.07, 6.45) is 2.06. The molecule has 1 rings (SSSR count). The second-order valence-electron chi connectivity index (χ2n) is 5.64. The molecule has 0 saturated carbocycles. The van der Waals surface area contributed by atoms with E-state index in [2.05, 4.69) is 39.5 Å². The van der Waals surface area contributed by atoms with Crippen molar-refractivity contribution in [1.82, 2.24) is 9.80 Å². The van der Waals surface area contributed by atoms with Crippen LogP contribution in [-0.2, 0) is 4.79 Å². The van der Waals surface area contributed by atoms with Crippen molar-refractivity contribution >= 4 is 5.91 Å². The van der Waals surface area contributed by atoms with Gasteiger partial charge in [0.2, 0.25) is 5.91 Å². The summed E-state index contributed by atoms with van der Waals surface area (Å²) in [5.74, 6) is 0.619. The van der Waals surface area contributed by atoms with Crippen LogP contribution in [0, 0.1) is 5.92 Å². The van der Waals surface area contributed by atoms with E-state index in [-0.39, 0.29) is 5.92 Å². The molecule has 1 aliphatic rings. The van der Waals surface area contributed by atoms with Gasteiger partial charge in [0.1, 0.15) is 0 Å². The molecule has 0 aromatic heterocycles. The highest BCUT2D eigenvalue weighted by Gasteiger charge is 2.30. The van der Waals surface area contributed by atoms with Crippen molar-refractivity contribution in [1.29, 1.82) is 0 Å². The monoisotopic (exact) mass is 240 g/mol. The predicted molar refractivity (Wildman–Crippen MR) is 72.0 cm³/mol. The molecule has 0 radical (unpaired) electrons. The highest BCUT2D eigenvalue weighted by molar-refractivity contribution is 5.79. The first-order valence-corrected chi connectivity index (χ1v) is 7.01. The van der Waals surface area contributed by atoms with Gasteiger partial charge in [-0.05, 0) is 60.2 Å². The Bertz CT molecular complexity index is 235. The SMILES string of the molecule is CCN1CCC(C(=O)N(C(C)C)C(C)C)CC1. The summed E-state index contributed by atoms with van der Waals surface area (Å²) in [6, 6.07) is 0.624. The molecule has 0 aromatic carbocycles. The molecule has 0 N–H and O–H groups in total. The molecular weight excluding hydrogens is 212 g/mol. The van der Waals surface area contributed by atoms with E-state index >= 15 is 0 Å². The molecule has 3 nitrogen and oxygen atoms in total. The number of carbonyl (C=O) groups is 1. The van der Waals surface area contributed by atoms with E-state index in [4.69, 9.17) is 0 Å². The molecule has 1 aliphatic heterocycles. The van der Waals surface area contributed by atoms with Gasteiger partial charge in [-0.25, -0.2) is 0 Å². The number of nitrogens with zero attached hydrogens (tertiary/aromatic N) is 2. The van der Waals surface area contributed by atoms with Crippen molar-refractivity contribution in [2.45, 2.75) is 59.5 Å². The Labute approximate surface area is 106 Å². The summed E-state index contributed by atoms with van der Waals surface area (Å²) < 4.78 is 0. The van der Waals surface area contributed by atoms with Crippen molar-refractivity contribution in [3.63, 3.8) is 0 Å². The summed E-state index contributed by atoms with van der Waals surface area (Å²) in [5, 5.41) is 0. The van der Waals surface area contributed by atoms with Gasteiger partial charge in [-0.15, -0.1) is 0 Å². The Kier molecular flexibility index (Phi) is 5.44. The second-order valence-corrected chi connectivity index (χ2v) is 5.64. The smallest absolute Gasteiger partial charge is 0.226 e. The lowest BCUT2D eigenvalue weighted by atomic mass is 9.94. The van der Waals surface area contributed by atoms with Crippen LogP contribution in [0.1, 0.15) is 47.5 Å². The first kappa shape index (κ1) is 14.5. The average Bonchev–Trinajstić information content (AvgIpc) is 2.28. The van der Waals surface area contributed by atoms with Crippen molar-refractivity contribution in [2.75, 3.05) is 19.6 Å². The van der Waals surface area contributed by atoms with E-state index in [1.807, 2.05) is 4.90 Å². The first-order valence-electron chi connectivity index (χ1n) is 7.01. The van der Waals surface area contributed by atoms with Gasteiger partial charge in [0, 0.05) is 18.0 Å². The van der Waals surface area contributed by atoms with E-state index in [9.17, 15) is 4.79 Å². The lowest BCUT2D eigenvalue weighted by Crippen LogP contribution is -2.48. The molecule has 1 saturated heterocycles. The lowest BCUT2D eigenvalue weighted by molar-refractivity contribution is -0.140. The van der Waals surface area contributed by atoms with Crippen LogP contribution in [0.5, 0.6) is 0 Å². The fourth-order valence-electron chi connectivity index (χ4n) is 2.81. The van der Waals surface area contributed by atoms with Gasteiger partial charge in [-0.2, -0.15) is 0 Å². The van der Waals surface area contributed by atoms with Crippen LogP contribution in [-0.4, -0.2) is 47.4 Å². The Morgan fingerprint density at radius 1 is 1.18 bits per heavy atom. The topological polar surface area (TPSA) is 23.6 Å². The fourth-order valence-corrected chi connectivity index (χ4v) is 2.81. The maximum absolute atomic E-state index is 12.5. The quantitative estimate of drug-likeness (QED) is 0.753. The van der Waals surface area contributed by atoms with E-state index < -0.39 is 0 Å². The van der Waals surface area contributed by atoms with Gasteiger partial charge >= 0.3 is 0 Å². The normalized spacial score (nSPS) is 19.0. The summed E-state index contributed by atoms with van der Waals surface area (Å²) in [7, 11) is 0. The number of amides is 1. The predicted octanol–water partition coefficient (Wildman–Crippen LogP) is 2.36. The Morgan fingerprint density at radius 3 is 2.00 bits per heavy atom. The first-order chi connectivity index (χ1) is 7.97. The zero-order chi connectivity index (χ0) is 13.0. The molecular formula is C14H28N2O. The Hall–Kier alpha value is -0.570. The van der Waals surface area contributed by atoms with Crippen LogP contribution in [0.3, 0.4) is 0 Å². The van der Waals surface area contributed by atoms with Gasteiger partial charge < -0.3 is 9.80 Å². The fraction of sp³-hybridized carbons (Fsp3) is 0.929. The summed E-state index contributed by atoms with van der Waals surface area (Å²) in [4.78, 5) is 17.0. The third kappa shape index (κ3) is 3.70. The van der Waals surface area contributed by atoms with Gasteiger partial charge in [-0.3, -0.25) is 4.79 Å². The van der Waals surface area contributed by atoms with E-state index in [0.717, 1.165) is 32.5 Å². The molecule has 0 aliphatic carbocycles. The zero-order valence-electron chi connectivity index (χ0n) is 12.1. The highest BCUT2D eigenvalue weighted by Crippen LogP contribution is 2.21. The standard InChI is InChI=1S/C14H28N2O/c1-6-15-9-7-13(8-10-15)14(17)16(11(2)3)12(4)5/h11-13H,6-10H2,1-5H3. The minimum atomic E-state index is 0.252. The maximum Gasteiger partial charge on any atom is 0.226 e. The molecule has 1 fully saturated rings. The molecule has 17 heavy (non-hydrogen) atoms. The summed E-state index contributed by atoms with van der Waals surface area (Å²) >= 11 is 0. The molecule has 0 unspecified atom stereocenters. The third-order valence-corrected chi connectivity index (χ3v) is 3.75. The average molecular weight is 240 g/mol. The van der Waals surface area contributed by atoms with E-state index in [0.29, 0.717) is 18.0 Å². The Balaban J connectivity index is 2.58. The van der Waals surface area contributed by atoms with Crippen LogP contribution in [0.2, 0.25) is 0 Å². The van der Waals surface area contributed by atoms with Crippen LogP contribution in [0.25, 0.3) is 0 Å². The van der Waals surface area contributed by atoms with Crippen molar-refractivity contribution in [3.8, 4) is 0 Å². The minimum Gasteiger partial charge on any atom is -0.338 e. The van der Waals surface area contributed by atoms with Crippen molar-refractivity contribution in [2.24, 2.45) is 5.92 Å². The van der Waals surface area contributed by atoms with Crippen LogP contribution < -0.4 is 0 Å². The highest BCUT2D eigenvalue weighted by atomic mass is 16.2. The van der Waals surface area contributed by atoms with E-state index in [1.54, 1.807) is 0 Å². The second kappa shape index (κ2) is 6.39. The van der Waals surface area contributed by atoms with Gasteiger partial charge in [0.05, 0.1) is 0 Å². The molecule has 1 amide bonds. The molecule has 3 heteroatoms. The number of hydrogen-bond donors (Lipinski definition) is 0. The molecule has 100 valence electrons. The number of carbonyl (C=O) groups excluding carboxylic acids is 1. The van der Waals surface area contributed by atoms with Gasteiger partial charge in [0.15, 0.2) is 0 Å². The summed E-state index contributed by atoms with van der Waals surface area (Å²) in [5.41, 5.74) is 0. The van der Waals surface area contributed by atoms with Crippen LogP contribution in [0.15, 0.2) is 0 Å². The molecule has 0 aromatic rings. The Morgan fingerprint density at radius 2 is 1.65 bits per heavy atom. The third-order valence-electron chi connectivity index (χ3n) is 3.75. The van der Waals surface area contributed by atoms with Crippen molar-refractivity contribution < 1.29 is 4.79 Å². The van der Waals surface area contributed by atoms with Gasteiger partial charge in [0.25, 0.3) is 0 Å². The minimum absolute atomic E-state index is 0.252. The molecule has 0 atom stereocenters. The largest absolute Gasteiger partial charge is 0.338 e. The number of rotatable bonds is 4. The summed E-state index contributed by atoms with van der Waals surface area (Å²) in [6.45, 7) is 13.9. The maximum atomic E-state index is 12.5. The zero-order valence-corrected chi connectivity index (χ0v) is 12.1. The number of hydrogen-bond acceptors (Lipinski definition) is 2. The number of likely N-dealkylation sites (tertiary alicyclic amines) is 1. The van der Waals surface area contributed by atoms with Crippen LogP contribution in [0.4, 0.5) is 0 Å². The van der Waals surface area contributed by atoms with Crippen molar-refractivity contribution in [3.05, 3.63) is 0 Å². The number of piperidine rings is 1. The molecule has 0 spiro atoms. The molecule has 1 heterocycles.